The molecule has 1 N–H and O–H groups in total. The number of rotatable bonds is 2. The maximum absolute atomic E-state index is 13.8. The van der Waals surface area contributed by atoms with E-state index < -0.39 is 0 Å². The first-order valence-corrected chi connectivity index (χ1v) is 9.67. The Kier molecular flexibility index (Phi) is 3.88. The van der Waals surface area contributed by atoms with Crippen LogP contribution in [0.25, 0.3) is 5.65 Å². The Labute approximate surface area is 160 Å². The highest BCUT2D eigenvalue weighted by atomic mass is 35.5. The molecule has 140 valence electrons. The standard InChI is InChI=1S/C20H20ClFN4O/c1-11-6-19-23-18-9-14-4-3-13(8-15(18)20(27)26(19)24-11)25(14)10-12-2-5-16(21)17(22)7-12/h2,5-7,13-14,24H,3-4,8-10H2,1H3/t13-,14+/m0/s1. The van der Waals surface area contributed by atoms with Gasteiger partial charge in [0.2, 0.25) is 0 Å². The average Bonchev–Trinajstić information content (AvgIpc) is 3.12. The molecule has 5 nitrogen and oxygen atoms in total. The van der Waals surface area contributed by atoms with E-state index in [1.165, 1.54) is 6.07 Å². The summed E-state index contributed by atoms with van der Waals surface area (Å²) in [6, 6.07) is 7.50. The Morgan fingerprint density at radius 3 is 2.81 bits per heavy atom. The smallest absolute Gasteiger partial charge is 0.276 e. The molecule has 2 aliphatic heterocycles. The fraction of sp³-hybridized carbons (Fsp3) is 0.400. The molecule has 0 amide bonds. The molecule has 2 atom stereocenters. The Bertz CT molecular complexity index is 1110. The lowest BCUT2D eigenvalue weighted by atomic mass is 9.98. The molecule has 0 aliphatic carbocycles. The first kappa shape index (κ1) is 17.0. The van der Waals surface area contributed by atoms with Crippen molar-refractivity contribution in [1.82, 2.24) is 19.5 Å². The van der Waals surface area contributed by atoms with Crippen LogP contribution in [0, 0.1) is 12.7 Å². The quantitative estimate of drug-likeness (QED) is 0.735. The molecule has 5 rings (SSSR count). The highest BCUT2D eigenvalue weighted by molar-refractivity contribution is 6.30. The molecule has 0 unspecified atom stereocenters. The number of hydrogen-bond donors (Lipinski definition) is 1. The van der Waals surface area contributed by atoms with Crippen molar-refractivity contribution in [3.63, 3.8) is 0 Å². The monoisotopic (exact) mass is 386 g/mol. The molecular weight excluding hydrogens is 367 g/mol. The lowest BCUT2D eigenvalue weighted by Crippen LogP contribution is -2.36. The van der Waals surface area contributed by atoms with Gasteiger partial charge >= 0.3 is 0 Å². The molecule has 3 aromatic rings. The van der Waals surface area contributed by atoms with Gasteiger partial charge in [0.1, 0.15) is 5.82 Å². The fourth-order valence-electron chi connectivity index (χ4n) is 4.62. The maximum Gasteiger partial charge on any atom is 0.276 e. The van der Waals surface area contributed by atoms with E-state index in [1.54, 1.807) is 10.6 Å². The van der Waals surface area contributed by atoms with E-state index in [9.17, 15) is 9.18 Å². The van der Waals surface area contributed by atoms with Gasteiger partial charge < -0.3 is 0 Å². The highest BCUT2D eigenvalue weighted by Crippen LogP contribution is 2.34. The summed E-state index contributed by atoms with van der Waals surface area (Å²) < 4.78 is 15.4. The van der Waals surface area contributed by atoms with Gasteiger partial charge in [0.25, 0.3) is 5.56 Å². The van der Waals surface area contributed by atoms with E-state index in [4.69, 9.17) is 16.6 Å². The minimum Gasteiger partial charge on any atom is -0.294 e. The van der Waals surface area contributed by atoms with Gasteiger partial charge in [0.15, 0.2) is 5.65 Å². The van der Waals surface area contributed by atoms with Crippen molar-refractivity contribution in [3.05, 3.63) is 68.0 Å². The molecule has 27 heavy (non-hydrogen) atoms. The van der Waals surface area contributed by atoms with Crippen LogP contribution in [0.15, 0.2) is 29.1 Å². The Hall–Kier alpha value is -2.18. The SMILES string of the molecule is Cc1cc2nc3c(c(=O)n2[nH]1)C[C@@H]1CC[C@H](C3)N1Cc1ccc(Cl)c(F)c1. The van der Waals surface area contributed by atoms with Crippen molar-refractivity contribution < 1.29 is 4.39 Å². The molecular formula is C20H20ClFN4O. The molecule has 0 radical (unpaired) electrons. The molecule has 0 saturated carbocycles. The number of H-pyrrole nitrogens is 1. The van der Waals surface area contributed by atoms with E-state index in [1.807, 2.05) is 19.1 Å². The fourth-order valence-corrected chi connectivity index (χ4v) is 4.74. The lowest BCUT2D eigenvalue weighted by molar-refractivity contribution is 0.187. The maximum atomic E-state index is 13.8. The third-order valence-electron chi connectivity index (χ3n) is 5.91. The zero-order valence-corrected chi connectivity index (χ0v) is 15.8. The highest BCUT2D eigenvalue weighted by Gasteiger charge is 2.38. The van der Waals surface area contributed by atoms with Gasteiger partial charge in [-0.05, 0) is 43.9 Å². The number of halogens is 2. The zero-order valence-electron chi connectivity index (χ0n) is 15.0. The van der Waals surface area contributed by atoms with E-state index in [0.717, 1.165) is 41.8 Å². The largest absolute Gasteiger partial charge is 0.294 e. The van der Waals surface area contributed by atoms with Gasteiger partial charge in [-0.25, -0.2) is 13.9 Å². The minimum absolute atomic E-state index is 0.00753. The molecule has 2 aromatic heterocycles. The van der Waals surface area contributed by atoms with Crippen LogP contribution in [0.4, 0.5) is 4.39 Å². The number of hydrogen-bond acceptors (Lipinski definition) is 3. The summed E-state index contributed by atoms with van der Waals surface area (Å²) in [7, 11) is 0. The number of aromatic nitrogens is 3. The second-order valence-corrected chi connectivity index (χ2v) is 8.10. The first-order valence-electron chi connectivity index (χ1n) is 9.29. The molecule has 2 bridgehead atoms. The van der Waals surface area contributed by atoms with Gasteiger partial charge in [-0.3, -0.25) is 14.8 Å². The summed E-state index contributed by atoms with van der Waals surface area (Å²) in [6.07, 6.45) is 3.58. The van der Waals surface area contributed by atoms with Crippen molar-refractivity contribution >= 4 is 17.2 Å². The van der Waals surface area contributed by atoms with Crippen LogP contribution in [0.3, 0.4) is 0 Å². The number of aryl methyl sites for hydroxylation is 1. The van der Waals surface area contributed by atoms with E-state index in [0.29, 0.717) is 24.7 Å². The Morgan fingerprint density at radius 1 is 1.26 bits per heavy atom. The number of aromatic amines is 1. The summed E-state index contributed by atoms with van der Waals surface area (Å²) in [5.74, 6) is -0.385. The second kappa shape index (κ2) is 6.17. The molecule has 0 spiro atoms. The van der Waals surface area contributed by atoms with Crippen LogP contribution in [-0.4, -0.2) is 31.6 Å². The van der Waals surface area contributed by atoms with Crippen molar-refractivity contribution in [2.45, 2.75) is 51.2 Å². The Balaban J connectivity index is 1.51. The predicted molar refractivity (Wildman–Crippen MR) is 102 cm³/mol. The lowest BCUT2D eigenvalue weighted by Gasteiger charge is -2.27. The molecule has 1 fully saturated rings. The van der Waals surface area contributed by atoms with E-state index >= 15 is 0 Å². The molecule has 2 aliphatic rings. The van der Waals surface area contributed by atoms with Crippen LogP contribution in [0.2, 0.25) is 5.02 Å². The summed E-state index contributed by atoms with van der Waals surface area (Å²) in [4.78, 5) is 20.2. The number of nitrogens with zero attached hydrogens (tertiary/aromatic N) is 3. The second-order valence-electron chi connectivity index (χ2n) is 7.69. The number of nitrogens with one attached hydrogen (secondary N) is 1. The predicted octanol–water partition coefficient (Wildman–Crippen LogP) is 3.26. The van der Waals surface area contributed by atoms with Gasteiger partial charge in [-0.15, -0.1) is 0 Å². The van der Waals surface area contributed by atoms with E-state index in [-0.39, 0.29) is 22.4 Å². The van der Waals surface area contributed by atoms with Crippen molar-refractivity contribution in [1.29, 1.82) is 0 Å². The average molecular weight is 387 g/mol. The van der Waals surface area contributed by atoms with Gasteiger partial charge in [-0.2, -0.15) is 0 Å². The number of benzene rings is 1. The van der Waals surface area contributed by atoms with Crippen molar-refractivity contribution in [3.8, 4) is 0 Å². The van der Waals surface area contributed by atoms with E-state index in [2.05, 4.69) is 10.00 Å². The number of fused-ring (bicyclic) bond motifs is 4. The summed E-state index contributed by atoms with van der Waals surface area (Å²) in [6.45, 7) is 2.59. The topological polar surface area (TPSA) is 53.4 Å². The van der Waals surface area contributed by atoms with Crippen LogP contribution in [-0.2, 0) is 19.4 Å². The van der Waals surface area contributed by atoms with Crippen molar-refractivity contribution in [2.24, 2.45) is 0 Å². The third kappa shape index (κ3) is 2.78. The third-order valence-corrected chi connectivity index (χ3v) is 6.22. The first-order chi connectivity index (χ1) is 13.0. The normalized spacial score (nSPS) is 22.2. The van der Waals surface area contributed by atoms with Crippen LogP contribution in [0.1, 0.15) is 35.4 Å². The van der Waals surface area contributed by atoms with Gasteiger partial charge in [0, 0.05) is 42.4 Å². The minimum atomic E-state index is -0.385. The molecule has 7 heteroatoms. The molecule has 1 aromatic carbocycles. The van der Waals surface area contributed by atoms with Gasteiger partial charge in [-0.1, -0.05) is 17.7 Å². The van der Waals surface area contributed by atoms with Crippen LogP contribution in [0.5, 0.6) is 0 Å². The summed E-state index contributed by atoms with van der Waals surface area (Å²) >= 11 is 5.81. The van der Waals surface area contributed by atoms with Crippen LogP contribution >= 0.6 is 11.6 Å². The van der Waals surface area contributed by atoms with Gasteiger partial charge in [0.05, 0.1) is 10.7 Å². The molecule has 4 heterocycles. The van der Waals surface area contributed by atoms with Crippen LogP contribution < -0.4 is 5.56 Å². The summed E-state index contributed by atoms with van der Waals surface area (Å²) in [5.41, 5.74) is 4.25. The van der Waals surface area contributed by atoms with Crippen molar-refractivity contribution in [2.75, 3.05) is 0 Å². The Morgan fingerprint density at radius 2 is 2.04 bits per heavy atom. The molecule has 1 saturated heterocycles. The zero-order chi connectivity index (χ0) is 18.7. The summed E-state index contributed by atoms with van der Waals surface area (Å²) in [5, 5.41) is 3.22.